The molecule has 0 unspecified atom stereocenters. The molecule has 5 saturated carbocycles. The second-order valence-corrected chi connectivity index (χ2v) is 14.1. The zero-order valence-electron chi connectivity index (χ0n) is 23.3. The van der Waals surface area contributed by atoms with E-state index in [0.29, 0.717) is 24.7 Å². The Balaban J connectivity index is 1.36. The second-order valence-electron chi connectivity index (χ2n) is 13.2. The number of carboxylic acids is 1. The molecule has 0 saturated heterocycles. The monoisotopic (exact) mass is 625 g/mol. The molecule has 0 aliphatic heterocycles. The summed E-state index contributed by atoms with van der Waals surface area (Å²) < 4.78 is 45.3. The van der Waals surface area contributed by atoms with Gasteiger partial charge in [0, 0.05) is 6.04 Å². The quantitative estimate of drug-likeness (QED) is 0.331. The normalized spacial score (nSPS) is 31.1. The molecule has 3 atom stereocenters. The Morgan fingerprint density at radius 1 is 1.02 bits per heavy atom. The lowest BCUT2D eigenvalue weighted by molar-refractivity contribution is -0.163. The molecule has 1 N–H and O–H groups in total. The fourth-order valence-corrected chi connectivity index (χ4v) is 8.80. The smallest absolute Gasteiger partial charge is 0.433 e. The van der Waals surface area contributed by atoms with Gasteiger partial charge in [-0.05, 0) is 80.8 Å². The third-order valence-corrected chi connectivity index (χ3v) is 11.6. The first kappa shape index (κ1) is 29.5. The number of fused-ring (bicyclic) bond motifs is 4. The van der Waals surface area contributed by atoms with Crippen molar-refractivity contribution in [2.75, 3.05) is 6.54 Å². The Labute approximate surface area is 251 Å². The van der Waals surface area contributed by atoms with E-state index in [1.54, 1.807) is 6.07 Å². The van der Waals surface area contributed by atoms with Crippen molar-refractivity contribution in [3.8, 4) is 0 Å². The summed E-state index contributed by atoms with van der Waals surface area (Å²) in [6, 6.07) is 4.16. The van der Waals surface area contributed by atoms with Gasteiger partial charge in [-0.15, -0.1) is 0 Å². The molecule has 7 nitrogen and oxygen atoms in total. The minimum absolute atomic E-state index is 0.0269. The van der Waals surface area contributed by atoms with Crippen molar-refractivity contribution in [1.82, 2.24) is 14.7 Å². The number of aromatic nitrogens is 2. The molecule has 5 fully saturated rings. The molecule has 1 aromatic heterocycles. The molecule has 2 aromatic rings. The number of carbonyl (C=O) groups excluding carboxylic acids is 2. The first-order valence-corrected chi connectivity index (χ1v) is 15.0. The molecule has 0 radical (unpaired) electrons. The largest absolute Gasteiger partial charge is 0.481 e. The van der Waals surface area contributed by atoms with Gasteiger partial charge in [0.1, 0.15) is 0 Å². The van der Waals surface area contributed by atoms with Crippen molar-refractivity contribution in [2.45, 2.75) is 83.0 Å². The molecule has 1 aromatic carbocycles. The topological polar surface area (TPSA) is 92.5 Å². The van der Waals surface area contributed by atoms with Crippen LogP contribution in [0.2, 0.25) is 10.0 Å². The average molecular weight is 627 g/mol. The van der Waals surface area contributed by atoms with Crippen molar-refractivity contribution in [2.24, 2.45) is 22.7 Å². The number of rotatable bonds is 7. The summed E-state index contributed by atoms with van der Waals surface area (Å²) in [4.78, 5) is 40.8. The van der Waals surface area contributed by atoms with Gasteiger partial charge in [0.2, 0.25) is 0 Å². The molecule has 1 amide bonds. The highest BCUT2D eigenvalue weighted by Gasteiger charge is 2.63. The van der Waals surface area contributed by atoms with Crippen molar-refractivity contribution >= 4 is 40.9 Å². The average Bonchev–Trinajstić information content (AvgIpc) is 3.37. The van der Waals surface area contributed by atoms with E-state index in [2.05, 4.69) is 18.9 Å². The van der Waals surface area contributed by atoms with Crippen molar-refractivity contribution in [3.63, 3.8) is 0 Å². The number of amides is 1. The predicted octanol–water partition coefficient (Wildman–Crippen LogP) is 7.10. The predicted molar refractivity (Wildman–Crippen MR) is 149 cm³/mol. The number of hydrogen-bond acceptors (Lipinski definition) is 4. The SMILES string of the molecule is CC1(C)[C@@H]2C[C@@H](N(CC(=O)c3c(Cl)cccc3Cl)C(=O)c3cnn(C45CCC(C(=O)O)(CC4)CC5)c3C(F)(F)F)C[C@@H]21. The van der Waals surface area contributed by atoms with E-state index >= 15 is 0 Å². The van der Waals surface area contributed by atoms with Crippen LogP contribution in [0.25, 0.3) is 0 Å². The van der Waals surface area contributed by atoms with Crippen LogP contribution in [0.3, 0.4) is 0 Å². The maximum atomic E-state index is 14.8. The third-order valence-electron chi connectivity index (χ3n) is 11.0. The fourth-order valence-electron chi connectivity index (χ4n) is 8.19. The van der Waals surface area contributed by atoms with Gasteiger partial charge in [-0.2, -0.15) is 18.3 Å². The number of carbonyl (C=O) groups is 3. The molecule has 12 heteroatoms. The van der Waals surface area contributed by atoms with E-state index in [0.717, 1.165) is 10.9 Å². The Morgan fingerprint density at radius 2 is 1.57 bits per heavy atom. The highest BCUT2D eigenvalue weighted by Crippen LogP contribution is 2.67. The maximum absolute atomic E-state index is 14.8. The minimum atomic E-state index is -4.91. The summed E-state index contributed by atoms with van der Waals surface area (Å²) in [5.41, 5.74) is -3.57. The number of halogens is 5. The van der Waals surface area contributed by atoms with Gasteiger partial charge in [0.05, 0.1) is 44.9 Å². The summed E-state index contributed by atoms with van der Waals surface area (Å²) in [6.07, 6.45) is -1.32. The summed E-state index contributed by atoms with van der Waals surface area (Å²) in [5.74, 6) is -1.74. The number of alkyl halides is 3. The fraction of sp³-hybridized carbons (Fsp3) is 0.600. The number of hydrogen-bond donors (Lipinski definition) is 1. The number of nitrogens with zero attached hydrogens (tertiary/aromatic N) is 3. The summed E-state index contributed by atoms with van der Waals surface area (Å²) in [7, 11) is 0. The Morgan fingerprint density at radius 3 is 2.07 bits per heavy atom. The molecule has 5 aliphatic carbocycles. The van der Waals surface area contributed by atoms with Crippen LogP contribution in [0.4, 0.5) is 13.2 Å². The highest BCUT2D eigenvalue weighted by molar-refractivity contribution is 6.40. The molecule has 0 spiro atoms. The van der Waals surface area contributed by atoms with Gasteiger partial charge >= 0.3 is 12.1 Å². The number of carboxylic acid groups (broad SMARTS) is 1. The van der Waals surface area contributed by atoms with Gasteiger partial charge in [0.15, 0.2) is 11.5 Å². The van der Waals surface area contributed by atoms with Gasteiger partial charge in [0.25, 0.3) is 5.91 Å². The van der Waals surface area contributed by atoms with E-state index in [1.165, 1.54) is 17.0 Å². The van der Waals surface area contributed by atoms with Crippen LogP contribution in [0, 0.1) is 22.7 Å². The molecule has 226 valence electrons. The summed E-state index contributed by atoms with van der Waals surface area (Å²) in [5, 5.41) is 14.1. The van der Waals surface area contributed by atoms with Crippen molar-refractivity contribution in [3.05, 3.63) is 51.3 Å². The lowest BCUT2D eigenvalue weighted by atomic mass is 9.57. The van der Waals surface area contributed by atoms with Gasteiger partial charge < -0.3 is 10.0 Å². The highest BCUT2D eigenvalue weighted by atomic mass is 35.5. The third kappa shape index (κ3) is 4.46. The standard InChI is InChI=1S/C30H32Cl2F3N3O4/c1-27(2)18-12-16(13-19(18)27)37(15-22(39)23-20(31)4-3-5-21(23)32)25(40)17-14-36-38(24(17)30(33,34)35)29-9-6-28(7-10-29,8-11-29)26(41)42/h3-5,14,16,18-19H,6-13,15H2,1-2H3,(H,41,42)/t16-,18-,19+,28?,29?. The van der Waals surface area contributed by atoms with E-state index in [-0.39, 0.29) is 59.5 Å². The summed E-state index contributed by atoms with van der Waals surface area (Å²) in [6.45, 7) is 3.80. The van der Waals surface area contributed by atoms with Crippen LogP contribution >= 0.6 is 23.2 Å². The first-order valence-electron chi connectivity index (χ1n) is 14.3. The molecule has 1 heterocycles. The van der Waals surface area contributed by atoms with Crippen LogP contribution in [0.1, 0.15) is 91.6 Å². The van der Waals surface area contributed by atoms with E-state index < -0.39 is 58.6 Å². The van der Waals surface area contributed by atoms with Crippen LogP contribution in [-0.2, 0) is 16.5 Å². The molecule has 5 aliphatic rings. The van der Waals surface area contributed by atoms with Crippen LogP contribution in [0.15, 0.2) is 24.4 Å². The van der Waals surface area contributed by atoms with Crippen LogP contribution < -0.4 is 0 Å². The minimum Gasteiger partial charge on any atom is -0.481 e. The molecular formula is C30H32Cl2F3N3O4. The zero-order chi connectivity index (χ0) is 30.4. The van der Waals surface area contributed by atoms with Gasteiger partial charge in [-0.3, -0.25) is 19.1 Å². The number of benzene rings is 1. The van der Waals surface area contributed by atoms with Crippen LogP contribution in [0.5, 0.6) is 0 Å². The number of ketones is 1. The van der Waals surface area contributed by atoms with Crippen molar-refractivity contribution < 1.29 is 32.7 Å². The molecule has 7 rings (SSSR count). The van der Waals surface area contributed by atoms with E-state index in [4.69, 9.17) is 23.2 Å². The first-order chi connectivity index (χ1) is 19.6. The number of aliphatic carboxylic acids is 1. The maximum Gasteiger partial charge on any atom is 0.433 e. The Hall–Kier alpha value is -2.59. The summed E-state index contributed by atoms with van der Waals surface area (Å²) >= 11 is 12.5. The van der Waals surface area contributed by atoms with Crippen LogP contribution in [-0.4, -0.2) is 50.0 Å². The molecule has 42 heavy (non-hydrogen) atoms. The van der Waals surface area contributed by atoms with Gasteiger partial charge in [-0.25, -0.2) is 0 Å². The second kappa shape index (κ2) is 9.71. The lowest BCUT2D eigenvalue weighted by Gasteiger charge is -2.51. The van der Waals surface area contributed by atoms with Crippen molar-refractivity contribution in [1.29, 1.82) is 0 Å². The number of Topliss-reactive ketones (excluding diaryl/α,β-unsaturated/α-hetero) is 1. The van der Waals surface area contributed by atoms with E-state index in [9.17, 15) is 32.7 Å². The lowest BCUT2D eigenvalue weighted by Crippen LogP contribution is -2.52. The zero-order valence-corrected chi connectivity index (χ0v) is 24.8. The molecule has 2 bridgehead atoms. The van der Waals surface area contributed by atoms with E-state index in [1.807, 2.05) is 0 Å². The Bertz CT molecular complexity index is 1430. The molecular weight excluding hydrogens is 594 g/mol. The van der Waals surface area contributed by atoms with Gasteiger partial charge in [-0.1, -0.05) is 43.1 Å². The Kier molecular flexibility index (Phi) is 6.81.